The predicted octanol–water partition coefficient (Wildman–Crippen LogP) is 5.57. The van der Waals surface area contributed by atoms with Gasteiger partial charge in [-0.25, -0.2) is 0 Å². The third kappa shape index (κ3) is 5.59. The molecule has 0 saturated heterocycles. The quantitative estimate of drug-likeness (QED) is 0.661. The fourth-order valence-corrected chi connectivity index (χ4v) is 3.59. The molecule has 1 amide bonds. The molecular formula is C17H18ClNOS2. The molecule has 2 aromatic carbocycles. The summed E-state index contributed by atoms with van der Waals surface area (Å²) in [7, 11) is 0. The summed E-state index contributed by atoms with van der Waals surface area (Å²) in [6.45, 7) is 2.10. The van der Waals surface area contributed by atoms with Crippen LogP contribution in [0.25, 0.3) is 0 Å². The highest BCUT2D eigenvalue weighted by molar-refractivity contribution is 7.99. The Bertz CT molecular complexity index is 616. The fraction of sp³-hybridized carbons (Fsp3) is 0.235. The van der Waals surface area contributed by atoms with Gasteiger partial charge in [0.25, 0.3) is 0 Å². The number of nitrogens with one attached hydrogen (secondary N) is 1. The molecule has 0 unspecified atom stereocenters. The van der Waals surface area contributed by atoms with E-state index in [9.17, 15) is 4.79 Å². The minimum Gasteiger partial charge on any atom is -0.325 e. The van der Waals surface area contributed by atoms with Gasteiger partial charge >= 0.3 is 0 Å². The Morgan fingerprint density at radius 2 is 1.82 bits per heavy atom. The number of amides is 1. The zero-order valence-corrected chi connectivity index (χ0v) is 14.7. The fourth-order valence-electron chi connectivity index (χ4n) is 1.86. The molecule has 0 bridgehead atoms. The first-order valence-corrected chi connectivity index (χ1v) is 9.44. The summed E-state index contributed by atoms with van der Waals surface area (Å²) in [4.78, 5) is 14.3. The van der Waals surface area contributed by atoms with Crippen molar-refractivity contribution in [3.8, 4) is 0 Å². The molecule has 0 aromatic heterocycles. The number of rotatable bonds is 7. The third-order valence-corrected chi connectivity index (χ3v) is 5.09. The lowest BCUT2D eigenvalue weighted by Crippen LogP contribution is -2.12. The van der Waals surface area contributed by atoms with Gasteiger partial charge in [0.15, 0.2) is 0 Å². The highest BCUT2D eigenvalue weighted by Crippen LogP contribution is 2.27. The smallest absolute Gasteiger partial charge is 0.225 e. The molecule has 0 aliphatic carbocycles. The first kappa shape index (κ1) is 17.3. The lowest BCUT2D eigenvalue weighted by Gasteiger charge is -2.10. The van der Waals surface area contributed by atoms with E-state index in [0.717, 1.165) is 32.0 Å². The molecule has 0 aliphatic rings. The highest BCUT2D eigenvalue weighted by Gasteiger charge is 2.06. The minimum absolute atomic E-state index is 0.0469. The van der Waals surface area contributed by atoms with Crippen LogP contribution in [0.3, 0.4) is 0 Å². The van der Waals surface area contributed by atoms with Gasteiger partial charge in [0.05, 0.1) is 5.69 Å². The van der Waals surface area contributed by atoms with Gasteiger partial charge in [-0.1, -0.05) is 30.7 Å². The summed E-state index contributed by atoms with van der Waals surface area (Å²) in [5.74, 6) is 1.78. The number of anilines is 1. The van der Waals surface area contributed by atoms with Crippen LogP contribution in [0.15, 0.2) is 58.3 Å². The summed E-state index contributed by atoms with van der Waals surface area (Å²) in [5.41, 5.74) is 0.899. The normalized spacial score (nSPS) is 10.5. The second-order valence-electron chi connectivity index (χ2n) is 4.53. The van der Waals surface area contributed by atoms with Crippen molar-refractivity contribution >= 4 is 46.7 Å². The minimum atomic E-state index is 0.0469. The van der Waals surface area contributed by atoms with Crippen LogP contribution in [0.5, 0.6) is 0 Å². The van der Waals surface area contributed by atoms with Gasteiger partial charge in [-0.3, -0.25) is 4.79 Å². The van der Waals surface area contributed by atoms with Crippen LogP contribution in [0.1, 0.15) is 13.3 Å². The molecule has 0 saturated carbocycles. The van der Waals surface area contributed by atoms with Crippen LogP contribution < -0.4 is 5.32 Å². The zero-order valence-electron chi connectivity index (χ0n) is 12.3. The SMILES string of the molecule is CCSc1ccccc1NC(=O)CCSc1ccc(Cl)cc1. The van der Waals surface area contributed by atoms with Gasteiger partial charge in [-0.05, 0) is 42.2 Å². The molecule has 0 radical (unpaired) electrons. The Hall–Kier alpha value is -1.10. The van der Waals surface area contributed by atoms with E-state index < -0.39 is 0 Å². The Balaban J connectivity index is 1.82. The second-order valence-corrected chi connectivity index (χ2v) is 7.44. The van der Waals surface area contributed by atoms with Gasteiger partial charge in [0, 0.05) is 27.0 Å². The number of halogens is 1. The lowest BCUT2D eigenvalue weighted by atomic mass is 10.3. The molecule has 0 atom stereocenters. The predicted molar refractivity (Wildman–Crippen MR) is 98.3 cm³/mol. The van der Waals surface area contributed by atoms with Crippen LogP contribution in [0.4, 0.5) is 5.69 Å². The molecule has 0 aliphatic heterocycles. The summed E-state index contributed by atoms with van der Waals surface area (Å²) >= 11 is 9.24. The molecule has 22 heavy (non-hydrogen) atoms. The summed E-state index contributed by atoms with van der Waals surface area (Å²) < 4.78 is 0. The maximum absolute atomic E-state index is 12.1. The molecule has 0 heterocycles. The molecule has 2 rings (SSSR count). The average Bonchev–Trinajstić information content (AvgIpc) is 2.51. The van der Waals surface area contributed by atoms with Gasteiger partial charge in [-0.15, -0.1) is 23.5 Å². The van der Waals surface area contributed by atoms with E-state index >= 15 is 0 Å². The van der Waals surface area contributed by atoms with Crippen molar-refractivity contribution in [2.45, 2.75) is 23.1 Å². The number of hydrogen-bond donors (Lipinski definition) is 1. The van der Waals surface area contributed by atoms with E-state index in [2.05, 4.69) is 12.2 Å². The van der Waals surface area contributed by atoms with Crippen molar-refractivity contribution in [2.75, 3.05) is 16.8 Å². The van der Waals surface area contributed by atoms with Gasteiger partial charge in [0.2, 0.25) is 5.91 Å². The zero-order chi connectivity index (χ0) is 15.8. The van der Waals surface area contributed by atoms with Crippen molar-refractivity contribution in [3.05, 3.63) is 53.6 Å². The standard InChI is InChI=1S/C17H18ClNOS2/c1-2-21-16-6-4-3-5-15(16)19-17(20)11-12-22-14-9-7-13(18)8-10-14/h3-10H,2,11-12H2,1H3,(H,19,20). The summed E-state index contributed by atoms with van der Waals surface area (Å²) in [6.07, 6.45) is 0.485. The van der Waals surface area contributed by atoms with E-state index in [0.29, 0.717) is 6.42 Å². The lowest BCUT2D eigenvalue weighted by molar-refractivity contribution is -0.115. The topological polar surface area (TPSA) is 29.1 Å². The number of para-hydroxylation sites is 1. The number of carbonyl (C=O) groups excluding carboxylic acids is 1. The van der Waals surface area contributed by atoms with Crippen LogP contribution in [-0.4, -0.2) is 17.4 Å². The van der Waals surface area contributed by atoms with Crippen molar-refractivity contribution < 1.29 is 4.79 Å². The van der Waals surface area contributed by atoms with Gasteiger partial charge in [-0.2, -0.15) is 0 Å². The summed E-state index contributed by atoms with van der Waals surface area (Å²) in [5, 5.41) is 3.73. The summed E-state index contributed by atoms with van der Waals surface area (Å²) in [6, 6.07) is 15.6. The Labute approximate surface area is 145 Å². The van der Waals surface area contributed by atoms with Gasteiger partial charge in [0.1, 0.15) is 0 Å². The van der Waals surface area contributed by atoms with Crippen LogP contribution in [0.2, 0.25) is 5.02 Å². The van der Waals surface area contributed by atoms with Crippen LogP contribution >= 0.6 is 35.1 Å². The van der Waals surface area contributed by atoms with Crippen LogP contribution in [-0.2, 0) is 4.79 Å². The maximum Gasteiger partial charge on any atom is 0.225 e. The third-order valence-electron chi connectivity index (χ3n) is 2.87. The van der Waals surface area contributed by atoms with Crippen LogP contribution in [0, 0.1) is 0 Å². The molecule has 2 nitrogen and oxygen atoms in total. The monoisotopic (exact) mass is 351 g/mol. The van der Waals surface area contributed by atoms with E-state index in [-0.39, 0.29) is 5.91 Å². The van der Waals surface area contributed by atoms with Crippen molar-refractivity contribution in [1.29, 1.82) is 0 Å². The van der Waals surface area contributed by atoms with Crippen molar-refractivity contribution in [1.82, 2.24) is 0 Å². The number of hydrogen-bond acceptors (Lipinski definition) is 3. The number of benzene rings is 2. The average molecular weight is 352 g/mol. The molecule has 5 heteroatoms. The maximum atomic E-state index is 12.1. The Morgan fingerprint density at radius 3 is 2.55 bits per heavy atom. The van der Waals surface area contributed by atoms with Crippen molar-refractivity contribution in [2.24, 2.45) is 0 Å². The molecule has 2 aromatic rings. The first-order chi connectivity index (χ1) is 10.7. The second kappa shape index (κ2) is 9.13. The first-order valence-electron chi connectivity index (χ1n) is 7.09. The van der Waals surface area contributed by atoms with E-state index in [1.807, 2.05) is 48.5 Å². The highest BCUT2D eigenvalue weighted by atomic mass is 35.5. The Morgan fingerprint density at radius 1 is 1.09 bits per heavy atom. The Kier molecular flexibility index (Phi) is 7.16. The van der Waals surface area contributed by atoms with E-state index in [1.165, 1.54) is 0 Å². The van der Waals surface area contributed by atoms with E-state index in [1.54, 1.807) is 23.5 Å². The number of carbonyl (C=O) groups is 1. The van der Waals surface area contributed by atoms with Gasteiger partial charge < -0.3 is 5.32 Å². The molecule has 0 spiro atoms. The van der Waals surface area contributed by atoms with E-state index in [4.69, 9.17) is 11.6 Å². The molecule has 116 valence electrons. The molecule has 0 fully saturated rings. The largest absolute Gasteiger partial charge is 0.325 e. The molecular weight excluding hydrogens is 334 g/mol. The molecule has 1 N–H and O–H groups in total. The number of thioether (sulfide) groups is 2. The van der Waals surface area contributed by atoms with Crippen molar-refractivity contribution in [3.63, 3.8) is 0 Å².